The highest BCUT2D eigenvalue weighted by Gasteiger charge is 2.20. The quantitative estimate of drug-likeness (QED) is 0.597. The Bertz CT molecular complexity index is 801. The first-order chi connectivity index (χ1) is 11.3. The summed E-state index contributed by atoms with van der Waals surface area (Å²) in [6.07, 6.45) is 9.89. The average Bonchev–Trinajstić information content (AvgIpc) is 2.95. The molecule has 1 fully saturated rings. The van der Waals surface area contributed by atoms with Gasteiger partial charge in [-0.25, -0.2) is 4.98 Å². The Morgan fingerprint density at radius 3 is 2.57 bits per heavy atom. The molecule has 0 atom stereocenters. The van der Waals surface area contributed by atoms with Crippen LogP contribution in [0.2, 0.25) is 5.02 Å². The molecule has 1 aliphatic carbocycles. The second-order valence-electron chi connectivity index (χ2n) is 6.56. The number of halogens is 1. The largest absolute Gasteiger partial charge is 0.302 e. The number of aromatic nitrogens is 2. The number of hydrogen-bond acceptors (Lipinski definition) is 1. The fourth-order valence-corrected chi connectivity index (χ4v) is 3.91. The van der Waals surface area contributed by atoms with Gasteiger partial charge in [0.15, 0.2) is 0 Å². The fraction of sp³-hybridized carbons (Fsp3) is 0.350. The third kappa shape index (κ3) is 3.00. The smallest absolute Gasteiger partial charge is 0.137 e. The topological polar surface area (TPSA) is 17.3 Å². The average molecular weight is 325 g/mol. The lowest BCUT2D eigenvalue weighted by atomic mass is 9.85. The van der Waals surface area contributed by atoms with Crippen LogP contribution in [0.3, 0.4) is 0 Å². The maximum absolute atomic E-state index is 6.24. The van der Waals surface area contributed by atoms with E-state index < -0.39 is 0 Å². The van der Waals surface area contributed by atoms with Crippen LogP contribution < -0.4 is 0 Å². The Balaban J connectivity index is 1.82. The number of benzene rings is 1. The van der Waals surface area contributed by atoms with Crippen LogP contribution in [0.1, 0.15) is 37.8 Å². The van der Waals surface area contributed by atoms with Gasteiger partial charge in [0.25, 0.3) is 0 Å². The molecule has 0 spiro atoms. The van der Waals surface area contributed by atoms with Gasteiger partial charge in [0.2, 0.25) is 0 Å². The summed E-state index contributed by atoms with van der Waals surface area (Å²) in [5, 5.41) is 0.763. The van der Waals surface area contributed by atoms with Crippen molar-refractivity contribution in [1.29, 1.82) is 0 Å². The monoisotopic (exact) mass is 324 g/mol. The molecule has 1 aromatic carbocycles. The Kier molecular flexibility index (Phi) is 4.09. The predicted octanol–water partition coefficient (Wildman–Crippen LogP) is 5.78. The summed E-state index contributed by atoms with van der Waals surface area (Å²) in [5.74, 6) is 0.769. The van der Waals surface area contributed by atoms with E-state index in [1.54, 1.807) is 0 Å². The van der Waals surface area contributed by atoms with Crippen molar-refractivity contribution in [2.24, 2.45) is 5.92 Å². The minimum absolute atomic E-state index is 0.763. The van der Waals surface area contributed by atoms with E-state index >= 15 is 0 Å². The molecular formula is C20H21ClN2. The van der Waals surface area contributed by atoms with Crippen molar-refractivity contribution >= 4 is 17.2 Å². The van der Waals surface area contributed by atoms with Crippen molar-refractivity contribution in [1.82, 2.24) is 9.38 Å². The highest BCUT2D eigenvalue weighted by atomic mass is 35.5. The molecule has 0 aliphatic heterocycles. The van der Waals surface area contributed by atoms with E-state index in [4.69, 9.17) is 16.6 Å². The number of hydrogen-bond donors (Lipinski definition) is 0. The van der Waals surface area contributed by atoms with Crippen LogP contribution in [-0.2, 0) is 6.42 Å². The maximum Gasteiger partial charge on any atom is 0.137 e. The van der Waals surface area contributed by atoms with Crippen molar-refractivity contribution in [2.75, 3.05) is 0 Å². The lowest BCUT2D eigenvalue weighted by molar-refractivity contribution is 0.354. The zero-order valence-electron chi connectivity index (χ0n) is 13.2. The summed E-state index contributed by atoms with van der Waals surface area (Å²) in [6.45, 7) is 0. The Morgan fingerprint density at radius 1 is 1.00 bits per heavy atom. The fourth-order valence-electron chi connectivity index (χ4n) is 3.75. The van der Waals surface area contributed by atoms with Gasteiger partial charge in [0.05, 0.1) is 16.4 Å². The second-order valence-corrected chi connectivity index (χ2v) is 6.99. The molecule has 0 bridgehead atoms. The Labute approximate surface area is 142 Å². The van der Waals surface area contributed by atoms with Crippen LogP contribution in [0.4, 0.5) is 0 Å². The van der Waals surface area contributed by atoms with Crippen LogP contribution in [0.25, 0.3) is 16.9 Å². The molecule has 2 aromatic heterocycles. The molecule has 2 heterocycles. The molecule has 1 aliphatic rings. The van der Waals surface area contributed by atoms with E-state index in [0.29, 0.717) is 0 Å². The molecule has 3 heteroatoms. The predicted molar refractivity (Wildman–Crippen MR) is 95.9 cm³/mol. The van der Waals surface area contributed by atoms with E-state index in [1.807, 2.05) is 18.3 Å². The summed E-state index contributed by atoms with van der Waals surface area (Å²) in [5.41, 5.74) is 4.59. The van der Waals surface area contributed by atoms with Gasteiger partial charge in [-0.05, 0) is 24.5 Å². The van der Waals surface area contributed by atoms with Crippen LogP contribution in [0.5, 0.6) is 0 Å². The number of fused-ring (bicyclic) bond motifs is 1. The third-order valence-corrected chi connectivity index (χ3v) is 5.16. The highest BCUT2D eigenvalue weighted by Crippen LogP contribution is 2.32. The molecule has 1 saturated carbocycles. The molecule has 0 radical (unpaired) electrons. The minimum atomic E-state index is 0.763. The number of rotatable bonds is 3. The minimum Gasteiger partial charge on any atom is -0.302 e. The lowest BCUT2D eigenvalue weighted by Gasteiger charge is -2.21. The van der Waals surface area contributed by atoms with E-state index in [9.17, 15) is 0 Å². The van der Waals surface area contributed by atoms with Crippen molar-refractivity contribution in [3.8, 4) is 11.3 Å². The van der Waals surface area contributed by atoms with Crippen molar-refractivity contribution in [3.05, 3.63) is 59.4 Å². The van der Waals surface area contributed by atoms with Gasteiger partial charge in [0, 0.05) is 11.8 Å². The summed E-state index contributed by atoms with van der Waals surface area (Å²) < 4.78 is 2.19. The van der Waals surface area contributed by atoms with Crippen molar-refractivity contribution in [3.63, 3.8) is 0 Å². The molecule has 4 rings (SSSR count). The molecule has 118 valence electrons. The van der Waals surface area contributed by atoms with Crippen molar-refractivity contribution in [2.45, 2.75) is 38.5 Å². The first-order valence-electron chi connectivity index (χ1n) is 8.53. The highest BCUT2D eigenvalue weighted by molar-refractivity contribution is 6.30. The van der Waals surface area contributed by atoms with Crippen LogP contribution in [0.15, 0.2) is 48.7 Å². The summed E-state index contributed by atoms with van der Waals surface area (Å²) in [6, 6.07) is 14.4. The van der Waals surface area contributed by atoms with E-state index in [1.165, 1.54) is 43.4 Å². The van der Waals surface area contributed by atoms with Gasteiger partial charge in [-0.3, -0.25) is 0 Å². The first-order valence-corrected chi connectivity index (χ1v) is 8.91. The number of nitrogens with zero attached hydrogens (tertiary/aromatic N) is 2. The Morgan fingerprint density at radius 2 is 1.78 bits per heavy atom. The molecule has 23 heavy (non-hydrogen) atoms. The van der Waals surface area contributed by atoms with E-state index in [0.717, 1.165) is 28.7 Å². The second kappa shape index (κ2) is 6.37. The zero-order valence-corrected chi connectivity index (χ0v) is 14.0. The van der Waals surface area contributed by atoms with Gasteiger partial charge in [-0.2, -0.15) is 0 Å². The van der Waals surface area contributed by atoms with Crippen LogP contribution in [0, 0.1) is 5.92 Å². The van der Waals surface area contributed by atoms with E-state index in [-0.39, 0.29) is 0 Å². The Hall–Kier alpha value is -1.80. The third-order valence-electron chi connectivity index (χ3n) is 4.94. The van der Waals surface area contributed by atoms with E-state index in [2.05, 4.69) is 34.7 Å². The van der Waals surface area contributed by atoms with Gasteiger partial charge in [-0.15, -0.1) is 0 Å². The molecule has 3 aromatic rings. The molecular weight excluding hydrogens is 304 g/mol. The molecule has 0 unspecified atom stereocenters. The molecule has 0 N–H and O–H groups in total. The standard InChI is InChI=1S/C20H21ClN2/c21-17-11-12-19-22-20(16-9-5-2-6-10-16)18(23(19)14-17)13-15-7-3-1-4-8-15/h2,5-6,9-12,14-15H,1,3-4,7-8,13H2. The van der Waals surface area contributed by atoms with Gasteiger partial charge in [-0.1, -0.05) is 74.0 Å². The summed E-state index contributed by atoms with van der Waals surface area (Å²) in [4.78, 5) is 4.89. The molecule has 0 amide bonds. The van der Waals surface area contributed by atoms with Crippen molar-refractivity contribution < 1.29 is 0 Å². The molecule has 2 nitrogen and oxygen atoms in total. The van der Waals surface area contributed by atoms with Crippen LogP contribution >= 0.6 is 11.6 Å². The normalized spacial score (nSPS) is 16.0. The first kappa shape index (κ1) is 14.8. The number of pyridine rings is 1. The number of imidazole rings is 1. The zero-order chi connectivity index (χ0) is 15.6. The van der Waals surface area contributed by atoms with Gasteiger partial charge < -0.3 is 4.40 Å². The SMILES string of the molecule is Clc1ccc2nc(-c3ccccc3)c(CC3CCCCC3)n2c1. The molecule has 0 saturated heterocycles. The van der Waals surface area contributed by atoms with Crippen LogP contribution in [-0.4, -0.2) is 9.38 Å². The maximum atomic E-state index is 6.24. The van der Waals surface area contributed by atoms with Gasteiger partial charge in [0.1, 0.15) is 5.65 Å². The summed E-state index contributed by atoms with van der Waals surface area (Å²) in [7, 11) is 0. The summed E-state index contributed by atoms with van der Waals surface area (Å²) >= 11 is 6.24. The van der Waals surface area contributed by atoms with Gasteiger partial charge >= 0.3 is 0 Å². The lowest BCUT2D eigenvalue weighted by Crippen LogP contribution is -2.11.